The Morgan fingerprint density at radius 2 is 1.84 bits per heavy atom. The normalized spacial score (nSPS) is 22.6. The van der Waals surface area contributed by atoms with E-state index in [4.69, 9.17) is 4.74 Å². The van der Waals surface area contributed by atoms with Crippen molar-refractivity contribution in [2.45, 2.75) is 50.0 Å². The molecular weight excluding hydrogens is 252 g/mol. The van der Waals surface area contributed by atoms with Crippen LogP contribution in [0.2, 0.25) is 0 Å². The van der Waals surface area contributed by atoms with Crippen LogP contribution in [0.5, 0.6) is 0 Å². The number of rotatable bonds is 3. The molecule has 1 aliphatic carbocycles. The van der Waals surface area contributed by atoms with Crippen LogP contribution in [0.15, 0.2) is 29.2 Å². The molecule has 0 heterocycles. The molecule has 2 rings (SSSR count). The summed E-state index contributed by atoms with van der Waals surface area (Å²) in [5.74, 6) is 7.22. The van der Waals surface area contributed by atoms with E-state index in [9.17, 15) is 0 Å². The molecular formula is C17H22OS. The summed E-state index contributed by atoms with van der Waals surface area (Å²) in [7, 11) is 0. The topological polar surface area (TPSA) is 9.23 Å². The molecule has 19 heavy (non-hydrogen) atoms. The summed E-state index contributed by atoms with van der Waals surface area (Å²) in [5.41, 5.74) is 1.09. The second-order valence-corrected chi connectivity index (χ2v) is 5.68. The van der Waals surface area contributed by atoms with E-state index in [0.29, 0.717) is 12.0 Å². The SMILES string of the molecule is CCCOC1CCC(C#Cc2ccc(S)cc2)CC1. The first-order valence-electron chi connectivity index (χ1n) is 7.20. The Balaban J connectivity index is 1.81. The molecule has 0 radical (unpaired) electrons. The molecule has 2 heteroatoms. The third kappa shape index (κ3) is 4.93. The van der Waals surface area contributed by atoms with Gasteiger partial charge in [0, 0.05) is 23.0 Å². The van der Waals surface area contributed by atoms with Gasteiger partial charge in [0.15, 0.2) is 0 Å². The van der Waals surface area contributed by atoms with Crippen molar-refractivity contribution in [2.75, 3.05) is 6.61 Å². The average molecular weight is 274 g/mol. The molecule has 1 fully saturated rings. The molecule has 1 aromatic carbocycles. The number of ether oxygens (including phenoxy) is 1. The van der Waals surface area contributed by atoms with E-state index in [-0.39, 0.29) is 0 Å². The molecule has 0 bridgehead atoms. The standard InChI is InChI=1S/C17H22OS/c1-2-13-18-16-9-5-14(6-10-16)3-4-15-7-11-17(19)12-8-15/h7-8,11-12,14,16,19H,2,5-6,9-10,13H2,1H3. The lowest BCUT2D eigenvalue weighted by atomic mass is 9.87. The summed E-state index contributed by atoms with van der Waals surface area (Å²) >= 11 is 4.28. The minimum Gasteiger partial charge on any atom is -0.378 e. The highest BCUT2D eigenvalue weighted by molar-refractivity contribution is 7.80. The van der Waals surface area contributed by atoms with Crippen LogP contribution < -0.4 is 0 Å². The minimum absolute atomic E-state index is 0.474. The van der Waals surface area contributed by atoms with Gasteiger partial charge in [-0.3, -0.25) is 0 Å². The van der Waals surface area contributed by atoms with Crippen molar-refractivity contribution in [3.63, 3.8) is 0 Å². The molecule has 1 aromatic rings. The zero-order valence-corrected chi connectivity index (χ0v) is 12.5. The quantitative estimate of drug-likeness (QED) is 0.638. The molecule has 0 unspecified atom stereocenters. The number of hydrogen-bond donors (Lipinski definition) is 1. The molecule has 1 aliphatic rings. The van der Waals surface area contributed by atoms with E-state index in [0.717, 1.165) is 36.3 Å². The fourth-order valence-electron chi connectivity index (χ4n) is 2.39. The maximum Gasteiger partial charge on any atom is 0.0576 e. The third-order valence-electron chi connectivity index (χ3n) is 3.52. The maximum atomic E-state index is 5.80. The third-order valence-corrected chi connectivity index (χ3v) is 3.82. The average Bonchev–Trinajstić information content (AvgIpc) is 2.46. The van der Waals surface area contributed by atoms with Crippen LogP contribution in [0.4, 0.5) is 0 Å². The van der Waals surface area contributed by atoms with E-state index in [1.807, 2.05) is 24.3 Å². The van der Waals surface area contributed by atoms with Crippen LogP contribution in [-0.2, 0) is 4.74 Å². The van der Waals surface area contributed by atoms with Crippen molar-refractivity contribution in [2.24, 2.45) is 5.92 Å². The fourth-order valence-corrected chi connectivity index (χ4v) is 2.54. The molecule has 0 aliphatic heterocycles. The van der Waals surface area contributed by atoms with Gasteiger partial charge in [-0.2, -0.15) is 0 Å². The highest BCUT2D eigenvalue weighted by Crippen LogP contribution is 2.25. The zero-order chi connectivity index (χ0) is 13.5. The van der Waals surface area contributed by atoms with Gasteiger partial charge in [-0.25, -0.2) is 0 Å². The van der Waals surface area contributed by atoms with Crippen molar-refractivity contribution in [1.29, 1.82) is 0 Å². The van der Waals surface area contributed by atoms with Gasteiger partial charge < -0.3 is 4.74 Å². The van der Waals surface area contributed by atoms with Gasteiger partial charge in [0.25, 0.3) is 0 Å². The van der Waals surface area contributed by atoms with Crippen molar-refractivity contribution in [1.82, 2.24) is 0 Å². The highest BCUT2D eigenvalue weighted by atomic mass is 32.1. The first-order valence-corrected chi connectivity index (χ1v) is 7.65. The van der Waals surface area contributed by atoms with Gasteiger partial charge in [0.05, 0.1) is 6.10 Å². The lowest BCUT2D eigenvalue weighted by molar-refractivity contribution is 0.0234. The van der Waals surface area contributed by atoms with Crippen molar-refractivity contribution >= 4 is 12.6 Å². The highest BCUT2D eigenvalue weighted by Gasteiger charge is 2.19. The predicted octanol–water partition coefficient (Wildman–Crippen LogP) is 4.31. The van der Waals surface area contributed by atoms with Gasteiger partial charge in [-0.1, -0.05) is 18.8 Å². The summed E-state index contributed by atoms with van der Waals surface area (Å²) in [4.78, 5) is 0.985. The van der Waals surface area contributed by atoms with E-state index >= 15 is 0 Å². The van der Waals surface area contributed by atoms with E-state index in [1.54, 1.807) is 0 Å². The Hall–Kier alpha value is -0.910. The van der Waals surface area contributed by atoms with Crippen LogP contribution in [0.25, 0.3) is 0 Å². The molecule has 0 amide bonds. The minimum atomic E-state index is 0.474. The summed E-state index contributed by atoms with van der Waals surface area (Å²) < 4.78 is 5.80. The number of thiol groups is 1. The summed E-state index contributed by atoms with van der Waals surface area (Å²) in [6.45, 7) is 3.06. The van der Waals surface area contributed by atoms with Crippen molar-refractivity contribution in [3.8, 4) is 11.8 Å². The van der Waals surface area contributed by atoms with Crippen LogP contribution in [0.3, 0.4) is 0 Å². The Labute approximate surface area is 122 Å². The molecule has 1 saturated carbocycles. The Bertz CT molecular complexity index is 433. The first-order chi connectivity index (χ1) is 9.28. The van der Waals surface area contributed by atoms with Gasteiger partial charge >= 0.3 is 0 Å². The number of hydrogen-bond acceptors (Lipinski definition) is 2. The van der Waals surface area contributed by atoms with Crippen LogP contribution in [-0.4, -0.2) is 12.7 Å². The predicted molar refractivity (Wildman–Crippen MR) is 82.6 cm³/mol. The van der Waals surface area contributed by atoms with Crippen molar-refractivity contribution in [3.05, 3.63) is 29.8 Å². The zero-order valence-electron chi connectivity index (χ0n) is 11.6. The van der Waals surface area contributed by atoms with Crippen LogP contribution >= 0.6 is 12.6 Å². The Kier molecular flexibility index (Phi) is 5.82. The van der Waals surface area contributed by atoms with Gasteiger partial charge in [-0.05, 0) is 56.4 Å². The maximum absolute atomic E-state index is 5.80. The largest absolute Gasteiger partial charge is 0.378 e. The molecule has 0 spiro atoms. The second-order valence-electron chi connectivity index (χ2n) is 5.16. The lowest BCUT2D eigenvalue weighted by Crippen LogP contribution is -2.21. The van der Waals surface area contributed by atoms with Crippen molar-refractivity contribution < 1.29 is 4.74 Å². The van der Waals surface area contributed by atoms with Crippen LogP contribution in [0, 0.1) is 17.8 Å². The molecule has 0 atom stereocenters. The lowest BCUT2D eigenvalue weighted by Gasteiger charge is -2.25. The second kappa shape index (κ2) is 7.62. The molecule has 102 valence electrons. The number of benzene rings is 1. The molecule has 0 aromatic heterocycles. The summed E-state index contributed by atoms with van der Waals surface area (Å²) in [6, 6.07) is 8.04. The Morgan fingerprint density at radius 1 is 1.16 bits per heavy atom. The van der Waals surface area contributed by atoms with E-state index in [1.165, 1.54) is 12.8 Å². The smallest absolute Gasteiger partial charge is 0.0576 e. The monoisotopic (exact) mass is 274 g/mol. The van der Waals surface area contributed by atoms with Crippen LogP contribution in [0.1, 0.15) is 44.6 Å². The summed E-state index contributed by atoms with van der Waals surface area (Å²) in [5, 5.41) is 0. The fraction of sp³-hybridized carbons (Fsp3) is 0.529. The van der Waals surface area contributed by atoms with Gasteiger partial charge in [0.2, 0.25) is 0 Å². The Morgan fingerprint density at radius 3 is 2.47 bits per heavy atom. The summed E-state index contributed by atoms with van der Waals surface area (Å²) in [6.07, 6.45) is 6.25. The van der Waals surface area contributed by atoms with Gasteiger partial charge in [-0.15, -0.1) is 12.6 Å². The molecule has 0 N–H and O–H groups in total. The van der Waals surface area contributed by atoms with E-state index in [2.05, 4.69) is 31.4 Å². The first kappa shape index (κ1) is 14.5. The van der Waals surface area contributed by atoms with E-state index < -0.39 is 0 Å². The molecule has 0 saturated heterocycles. The van der Waals surface area contributed by atoms with Gasteiger partial charge in [0.1, 0.15) is 0 Å². The molecule has 1 nitrogen and oxygen atoms in total.